The Kier molecular flexibility index (Phi) is 5.28. The van der Waals surface area contributed by atoms with E-state index in [0.717, 1.165) is 6.54 Å². The van der Waals surface area contributed by atoms with E-state index in [-0.39, 0.29) is 5.41 Å². The summed E-state index contributed by atoms with van der Waals surface area (Å²) in [5.41, 5.74) is 0.0423. The van der Waals surface area contributed by atoms with Crippen LogP contribution >= 0.6 is 0 Å². The van der Waals surface area contributed by atoms with Crippen molar-refractivity contribution in [2.45, 2.75) is 13.8 Å². The molecule has 0 heterocycles. The number of hydrogen-bond donors (Lipinski definition) is 1. The molecule has 0 saturated carbocycles. The minimum atomic E-state index is 0.0423. The molecule has 18 heavy (non-hydrogen) atoms. The van der Waals surface area contributed by atoms with Crippen LogP contribution in [0.25, 0.3) is 0 Å². The fraction of sp³-hybridized carbons (Fsp3) is 0.571. The number of benzene rings is 1. The lowest BCUT2D eigenvalue weighted by Gasteiger charge is -2.25. The summed E-state index contributed by atoms with van der Waals surface area (Å²) in [5.74, 6) is 2.04. The van der Waals surface area contributed by atoms with Gasteiger partial charge in [-0.05, 0) is 19.2 Å². The van der Waals surface area contributed by atoms with E-state index in [1.165, 1.54) is 0 Å². The number of ether oxygens (including phenoxy) is 3. The molecule has 0 radical (unpaired) electrons. The van der Waals surface area contributed by atoms with Crippen molar-refractivity contribution in [2.24, 2.45) is 5.41 Å². The van der Waals surface area contributed by atoms with Gasteiger partial charge in [0.2, 0.25) is 5.75 Å². The first kappa shape index (κ1) is 14.6. The molecule has 0 bridgehead atoms. The minimum absolute atomic E-state index is 0.0423. The monoisotopic (exact) mass is 253 g/mol. The van der Waals surface area contributed by atoms with Gasteiger partial charge in [-0.3, -0.25) is 0 Å². The summed E-state index contributed by atoms with van der Waals surface area (Å²) >= 11 is 0. The standard InChI is InChI=1S/C14H23NO3/c1-14(2,9-15-3)10-18-13-11(16-4)7-6-8-12(13)17-5/h6-8,15H,9-10H2,1-5H3. The van der Waals surface area contributed by atoms with Crippen LogP contribution in [-0.2, 0) is 0 Å². The van der Waals surface area contributed by atoms with E-state index in [1.807, 2.05) is 25.2 Å². The molecule has 0 aliphatic carbocycles. The molecule has 0 fully saturated rings. The largest absolute Gasteiger partial charge is 0.493 e. The first-order chi connectivity index (χ1) is 8.54. The van der Waals surface area contributed by atoms with Gasteiger partial charge in [0.25, 0.3) is 0 Å². The van der Waals surface area contributed by atoms with Crippen molar-refractivity contribution in [3.63, 3.8) is 0 Å². The van der Waals surface area contributed by atoms with Gasteiger partial charge in [0.15, 0.2) is 11.5 Å². The van der Waals surface area contributed by atoms with E-state index in [2.05, 4.69) is 19.2 Å². The molecule has 0 aromatic heterocycles. The Morgan fingerprint density at radius 2 is 1.67 bits per heavy atom. The molecular weight excluding hydrogens is 230 g/mol. The maximum absolute atomic E-state index is 5.88. The molecule has 1 aromatic carbocycles. The molecule has 102 valence electrons. The molecule has 4 nitrogen and oxygen atoms in total. The fourth-order valence-electron chi connectivity index (χ4n) is 1.76. The summed E-state index contributed by atoms with van der Waals surface area (Å²) in [5, 5.41) is 3.16. The summed E-state index contributed by atoms with van der Waals surface area (Å²) in [6.07, 6.45) is 0. The van der Waals surface area contributed by atoms with E-state index < -0.39 is 0 Å². The van der Waals surface area contributed by atoms with Gasteiger partial charge in [-0.25, -0.2) is 0 Å². The molecular formula is C14H23NO3. The van der Waals surface area contributed by atoms with Crippen molar-refractivity contribution in [2.75, 3.05) is 34.4 Å². The third kappa shape index (κ3) is 3.81. The van der Waals surface area contributed by atoms with E-state index in [0.29, 0.717) is 23.9 Å². The summed E-state index contributed by atoms with van der Waals surface area (Å²) in [6.45, 7) is 5.76. The topological polar surface area (TPSA) is 39.7 Å². The highest BCUT2D eigenvalue weighted by atomic mass is 16.5. The van der Waals surface area contributed by atoms with Gasteiger partial charge in [-0.1, -0.05) is 19.9 Å². The van der Waals surface area contributed by atoms with Crippen LogP contribution in [0.15, 0.2) is 18.2 Å². The fourth-order valence-corrected chi connectivity index (χ4v) is 1.76. The number of methoxy groups -OCH3 is 2. The molecule has 1 N–H and O–H groups in total. The quantitative estimate of drug-likeness (QED) is 0.809. The minimum Gasteiger partial charge on any atom is -0.493 e. The van der Waals surface area contributed by atoms with Crippen LogP contribution in [0, 0.1) is 5.41 Å². The second kappa shape index (κ2) is 6.50. The van der Waals surface area contributed by atoms with Crippen LogP contribution < -0.4 is 19.5 Å². The van der Waals surface area contributed by atoms with Gasteiger partial charge in [0.05, 0.1) is 20.8 Å². The van der Waals surface area contributed by atoms with Crippen molar-refractivity contribution < 1.29 is 14.2 Å². The summed E-state index contributed by atoms with van der Waals surface area (Å²) in [4.78, 5) is 0. The Balaban J connectivity index is 2.83. The highest BCUT2D eigenvalue weighted by Crippen LogP contribution is 2.37. The number of nitrogens with one attached hydrogen (secondary N) is 1. The molecule has 1 rings (SSSR count). The molecule has 0 amide bonds. The predicted molar refractivity (Wildman–Crippen MR) is 72.7 cm³/mol. The van der Waals surface area contributed by atoms with Crippen molar-refractivity contribution in [3.05, 3.63) is 18.2 Å². The predicted octanol–water partition coefficient (Wildman–Crippen LogP) is 2.33. The Morgan fingerprint density at radius 3 is 2.11 bits per heavy atom. The van der Waals surface area contributed by atoms with E-state index >= 15 is 0 Å². The summed E-state index contributed by atoms with van der Waals surface area (Å²) < 4.78 is 16.5. The second-order valence-electron chi connectivity index (χ2n) is 4.97. The van der Waals surface area contributed by atoms with Crippen LogP contribution in [0.4, 0.5) is 0 Å². The number of para-hydroxylation sites is 1. The summed E-state index contributed by atoms with van der Waals surface area (Å²) in [6, 6.07) is 5.61. The average molecular weight is 253 g/mol. The first-order valence-corrected chi connectivity index (χ1v) is 6.02. The lowest BCUT2D eigenvalue weighted by molar-refractivity contribution is 0.168. The smallest absolute Gasteiger partial charge is 0.203 e. The van der Waals surface area contributed by atoms with Crippen molar-refractivity contribution >= 4 is 0 Å². The molecule has 1 aromatic rings. The Morgan fingerprint density at radius 1 is 1.11 bits per heavy atom. The normalized spacial score (nSPS) is 11.2. The van der Waals surface area contributed by atoms with Crippen LogP contribution in [0.3, 0.4) is 0 Å². The van der Waals surface area contributed by atoms with Crippen LogP contribution in [0.1, 0.15) is 13.8 Å². The number of hydrogen-bond acceptors (Lipinski definition) is 4. The van der Waals surface area contributed by atoms with Crippen molar-refractivity contribution in [3.8, 4) is 17.2 Å². The van der Waals surface area contributed by atoms with E-state index in [4.69, 9.17) is 14.2 Å². The molecule has 0 saturated heterocycles. The van der Waals surface area contributed by atoms with Gasteiger partial charge in [0, 0.05) is 12.0 Å². The highest BCUT2D eigenvalue weighted by Gasteiger charge is 2.20. The Bertz CT molecular complexity index is 355. The second-order valence-corrected chi connectivity index (χ2v) is 4.97. The first-order valence-electron chi connectivity index (χ1n) is 6.02. The average Bonchev–Trinajstić information content (AvgIpc) is 2.35. The van der Waals surface area contributed by atoms with Gasteiger partial charge >= 0.3 is 0 Å². The third-order valence-electron chi connectivity index (χ3n) is 2.65. The SMILES string of the molecule is CNCC(C)(C)COc1c(OC)cccc1OC. The summed E-state index contributed by atoms with van der Waals surface area (Å²) in [7, 11) is 5.19. The Labute approximate surface area is 109 Å². The molecule has 0 spiro atoms. The maximum Gasteiger partial charge on any atom is 0.203 e. The Hall–Kier alpha value is -1.42. The maximum atomic E-state index is 5.88. The van der Waals surface area contributed by atoms with Crippen LogP contribution in [0.5, 0.6) is 17.2 Å². The molecule has 4 heteroatoms. The highest BCUT2D eigenvalue weighted by molar-refractivity contribution is 5.51. The molecule has 0 aliphatic rings. The van der Waals surface area contributed by atoms with Gasteiger partial charge in [0.1, 0.15) is 0 Å². The van der Waals surface area contributed by atoms with E-state index in [9.17, 15) is 0 Å². The van der Waals surface area contributed by atoms with Gasteiger partial charge in [-0.2, -0.15) is 0 Å². The third-order valence-corrected chi connectivity index (χ3v) is 2.65. The zero-order valence-corrected chi connectivity index (χ0v) is 11.9. The molecule has 0 atom stereocenters. The van der Waals surface area contributed by atoms with Gasteiger partial charge in [-0.15, -0.1) is 0 Å². The van der Waals surface area contributed by atoms with Crippen LogP contribution in [0.2, 0.25) is 0 Å². The van der Waals surface area contributed by atoms with E-state index in [1.54, 1.807) is 14.2 Å². The van der Waals surface area contributed by atoms with Crippen molar-refractivity contribution in [1.29, 1.82) is 0 Å². The molecule has 0 unspecified atom stereocenters. The number of rotatable bonds is 7. The molecule has 0 aliphatic heterocycles. The lowest BCUT2D eigenvalue weighted by Crippen LogP contribution is -2.32. The lowest BCUT2D eigenvalue weighted by atomic mass is 9.95. The zero-order valence-electron chi connectivity index (χ0n) is 11.9. The zero-order chi connectivity index (χ0) is 13.6. The van der Waals surface area contributed by atoms with Crippen LogP contribution in [-0.4, -0.2) is 34.4 Å². The van der Waals surface area contributed by atoms with Gasteiger partial charge < -0.3 is 19.5 Å². The van der Waals surface area contributed by atoms with Crippen molar-refractivity contribution in [1.82, 2.24) is 5.32 Å².